The lowest BCUT2D eigenvalue weighted by Gasteiger charge is -2.14. The molecule has 0 fully saturated rings. The van der Waals surface area contributed by atoms with E-state index in [1.165, 1.54) is 43.7 Å². The van der Waals surface area contributed by atoms with Crippen molar-refractivity contribution in [2.24, 2.45) is 0 Å². The summed E-state index contributed by atoms with van der Waals surface area (Å²) in [6.45, 7) is 0. The molecule has 2 heterocycles. The Hall–Kier alpha value is -5.02. The molecule has 0 unspecified atom stereocenters. The van der Waals surface area contributed by atoms with Crippen LogP contribution in [0.25, 0.3) is 66.1 Å². The molecule has 0 bridgehead atoms. The molecule has 0 amide bonds. The van der Waals surface area contributed by atoms with Gasteiger partial charge >= 0.3 is 0 Å². The summed E-state index contributed by atoms with van der Waals surface area (Å²) in [5.41, 5.74) is 9.94. The van der Waals surface area contributed by atoms with Gasteiger partial charge in [0.25, 0.3) is 0 Å². The van der Waals surface area contributed by atoms with Gasteiger partial charge in [0.05, 0.1) is 27.8 Å². The minimum absolute atomic E-state index is 0.739. The van der Waals surface area contributed by atoms with Gasteiger partial charge in [-0.15, -0.1) is 0 Å². The maximum absolute atomic E-state index is 6.68. The Morgan fingerprint density at radius 2 is 1.03 bits per heavy atom. The summed E-state index contributed by atoms with van der Waals surface area (Å²) in [6, 6.07) is 49.5. The van der Waals surface area contributed by atoms with Crippen molar-refractivity contribution in [3.05, 3.63) is 140 Å². The monoisotopic (exact) mass is 494 g/mol. The lowest BCUT2D eigenvalue weighted by atomic mass is 9.93. The van der Waals surface area contributed by atoms with E-state index >= 15 is 0 Å². The Kier molecular flexibility index (Phi) is 4.80. The number of hydrogen-bond acceptors (Lipinski definition) is 0. The lowest BCUT2D eigenvalue weighted by molar-refractivity contribution is 1.17. The summed E-state index contributed by atoms with van der Waals surface area (Å²) in [7, 11) is 6.68. The zero-order valence-corrected chi connectivity index (χ0v) is 21.3. The fourth-order valence-electron chi connectivity index (χ4n) is 6.17. The third-order valence-corrected chi connectivity index (χ3v) is 7.81. The molecular formula is C36H23BN2. The highest BCUT2D eigenvalue weighted by Gasteiger charge is 2.20. The van der Waals surface area contributed by atoms with E-state index in [2.05, 4.69) is 149 Å². The van der Waals surface area contributed by atoms with E-state index in [4.69, 9.17) is 7.85 Å². The van der Waals surface area contributed by atoms with Gasteiger partial charge in [-0.25, -0.2) is 0 Å². The number of rotatable bonds is 3. The van der Waals surface area contributed by atoms with Crippen LogP contribution < -0.4 is 5.46 Å². The van der Waals surface area contributed by atoms with Gasteiger partial charge in [-0.1, -0.05) is 103 Å². The molecule has 0 spiro atoms. The van der Waals surface area contributed by atoms with Crippen LogP contribution in [0.4, 0.5) is 0 Å². The standard InChI is InChI=1S/C36H23BN2/c37-26-22-34-36(30-16-8-10-18-32(30)38(34)27-13-5-2-6-14-27)35(23-26)39-31-17-9-7-15-28(31)29-20-19-25(21-33(29)39)24-11-3-1-4-12-24/h1-23H. The second-order valence-corrected chi connectivity index (χ2v) is 10.1. The Labute approximate surface area is 227 Å². The van der Waals surface area contributed by atoms with E-state index in [1.807, 2.05) is 0 Å². The first kappa shape index (κ1) is 22.0. The highest BCUT2D eigenvalue weighted by Crippen LogP contribution is 2.40. The van der Waals surface area contributed by atoms with Gasteiger partial charge in [-0.05, 0) is 53.6 Å². The number of para-hydroxylation sites is 3. The molecule has 39 heavy (non-hydrogen) atoms. The average Bonchev–Trinajstić information content (AvgIpc) is 3.50. The number of fused-ring (bicyclic) bond motifs is 6. The zero-order valence-electron chi connectivity index (χ0n) is 21.3. The smallest absolute Gasteiger partial charge is 0.114 e. The molecule has 0 aliphatic rings. The SMILES string of the molecule is [B]c1cc(-n2c3ccccc3c3ccc(-c4ccccc4)cc32)c2c3ccccc3n(-c3ccccc3)c2c1. The van der Waals surface area contributed by atoms with E-state index in [9.17, 15) is 0 Å². The topological polar surface area (TPSA) is 9.86 Å². The minimum Gasteiger partial charge on any atom is -0.309 e. The van der Waals surface area contributed by atoms with Crippen molar-refractivity contribution in [1.29, 1.82) is 0 Å². The second-order valence-electron chi connectivity index (χ2n) is 10.1. The summed E-state index contributed by atoms with van der Waals surface area (Å²) in [6.07, 6.45) is 0. The molecule has 8 rings (SSSR count). The van der Waals surface area contributed by atoms with E-state index in [-0.39, 0.29) is 0 Å². The Bertz CT molecular complexity index is 2170. The van der Waals surface area contributed by atoms with Crippen molar-refractivity contribution < 1.29 is 0 Å². The van der Waals surface area contributed by atoms with Gasteiger partial charge in [-0.3, -0.25) is 0 Å². The highest BCUT2D eigenvalue weighted by atomic mass is 15.0. The van der Waals surface area contributed by atoms with Gasteiger partial charge in [0.1, 0.15) is 7.85 Å². The summed E-state index contributed by atoms with van der Waals surface area (Å²) < 4.78 is 4.73. The molecule has 6 aromatic carbocycles. The second kappa shape index (κ2) is 8.51. The predicted octanol–water partition coefficient (Wildman–Crippen LogP) is 8.34. The van der Waals surface area contributed by atoms with Crippen LogP contribution in [0.15, 0.2) is 140 Å². The van der Waals surface area contributed by atoms with Crippen molar-refractivity contribution in [2.45, 2.75) is 0 Å². The van der Waals surface area contributed by atoms with E-state index in [0.717, 1.165) is 27.9 Å². The minimum atomic E-state index is 0.739. The van der Waals surface area contributed by atoms with Gasteiger partial charge in [-0.2, -0.15) is 0 Å². The molecular weight excluding hydrogens is 471 g/mol. The fourth-order valence-corrected chi connectivity index (χ4v) is 6.17. The van der Waals surface area contributed by atoms with Crippen molar-refractivity contribution in [3.63, 3.8) is 0 Å². The summed E-state index contributed by atoms with van der Waals surface area (Å²) >= 11 is 0. The summed E-state index contributed by atoms with van der Waals surface area (Å²) in [5.74, 6) is 0. The quantitative estimate of drug-likeness (QED) is 0.219. The number of hydrogen-bond donors (Lipinski definition) is 0. The number of nitrogens with zero attached hydrogens (tertiary/aromatic N) is 2. The molecule has 0 saturated heterocycles. The van der Waals surface area contributed by atoms with E-state index in [0.29, 0.717) is 0 Å². The molecule has 0 N–H and O–H groups in total. The molecule has 180 valence electrons. The third kappa shape index (κ3) is 3.30. The largest absolute Gasteiger partial charge is 0.309 e. The first-order valence-corrected chi connectivity index (χ1v) is 13.2. The normalized spacial score (nSPS) is 11.7. The molecule has 0 atom stereocenters. The van der Waals surface area contributed by atoms with Gasteiger partial charge in [0.2, 0.25) is 0 Å². The van der Waals surface area contributed by atoms with E-state index < -0.39 is 0 Å². The number of aromatic nitrogens is 2. The Balaban J connectivity index is 1.55. The van der Waals surface area contributed by atoms with Crippen LogP contribution in [0.5, 0.6) is 0 Å². The lowest BCUT2D eigenvalue weighted by Crippen LogP contribution is -2.07. The summed E-state index contributed by atoms with van der Waals surface area (Å²) in [4.78, 5) is 0. The fraction of sp³-hybridized carbons (Fsp3) is 0. The summed E-state index contributed by atoms with van der Waals surface area (Å²) in [5, 5.41) is 4.86. The highest BCUT2D eigenvalue weighted by molar-refractivity contribution is 6.34. The van der Waals surface area contributed by atoms with Crippen LogP contribution in [-0.4, -0.2) is 17.0 Å². The third-order valence-electron chi connectivity index (χ3n) is 7.81. The first-order chi connectivity index (χ1) is 19.3. The van der Waals surface area contributed by atoms with E-state index in [1.54, 1.807) is 0 Å². The molecule has 3 heteroatoms. The number of benzene rings is 6. The molecule has 0 saturated carbocycles. The maximum Gasteiger partial charge on any atom is 0.114 e. The predicted molar refractivity (Wildman–Crippen MR) is 166 cm³/mol. The van der Waals surface area contributed by atoms with Crippen LogP contribution in [0, 0.1) is 0 Å². The Morgan fingerprint density at radius 1 is 0.410 bits per heavy atom. The maximum atomic E-state index is 6.68. The molecule has 0 aliphatic carbocycles. The zero-order chi connectivity index (χ0) is 25.9. The van der Waals surface area contributed by atoms with Crippen LogP contribution >= 0.6 is 0 Å². The van der Waals surface area contributed by atoms with Crippen molar-refractivity contribution >= 4 is 56.9 Å². The van der Waals surface area contributed by atoms with Crippen LogP contribution in [-0.2, 0) is 0 Å². The van der Waals surface area contributed by atoms with Crippen LogP contribution in [0.2, 0.25) is 0 Å². The average molecular weight is 494 g/mol. The molecule has 2 aromatic heterocycles. The van der Waals surface area contributed by atoms with Crippen molar-refractivity contribution in [2.75, 3.05) is 0 Å². The van der Waals surface area contributed by atoms with Crippen molar-refractivity contribution in [3.8, 4) is 22.5 Å². The van der Waals surface area contributed by atoms with Gasteiger partial charge < -0.3 is 9.13 Å². The molecule has 2 radical (unpaired) electrons. The van der Waals surface area contributed by atoms with Crippen LogP contribution in [0.3, 0.4) is 0 Å². The van der Waals surface area contributed by atoms with Crippen LogP contribution in [0.1, 0.15) is 0 Å². The van der Waals surface area contributed by atoms with Gasteiger partial charge in [0, 0.05) is 27.2 Å². The van der Waals surface area contributed by atoms with Crippen molar-refractivity contribution in [1.82, 2.24) is 9.13 Å². The molecule has 2 nitrogen and oxygen atoms in total. The first-order valence-electron chi connectivity index (χ1n) is 13.2. The molecule has 8 aromatic rings. The molecule has 0 aliphatic heterocycles. The Morgan fingerprint density at radius 3 is 1.79 bits per heavy atom. The van der Waals surface area contributed by atoms with Gasteiger partial charge in [0.15, 0.2) is 0 Å².